The van der Waals surface area contributed by atoms with E-state index in [0.29, 0.717) is 10.6 Å². The number of carbonyl (C=O) groups excluding carboxylic acids is 1. The summed E-state index contributed by atoms with van der Waals surface area (Å²) in [6.45, 7) is 1.87. The third kappa shape index (κ3) is 3.27. The second-order valence-corrected chi connectivity index (χ2v) is 5.19. The van der Waals surface area contributed by atoms with E-state index >= 15 is 0 Å². The van der Waals surface area contributed by atoms with Crippen LogP contribution in [-0.2, 0) is 4.74 Å². The fourth-order valence-electron chi connectivity index (χ4n) is 1.73. The van der Waals surface area contributed by atoms with Gasteiger partial charge in [0.15, 0.2) is 10.8 Å². The first kappa shape index (κ1) is 16.8. The molecule has 2 aromatic rings. The number of aromatic nitrogens is 2. The van der Waals surface area contributed by atoms with E-state index in [-0.39, 0.29) is 34.1 Å². The predicted octanol–water partition coefficient (Wildman–Crippen LogP) is 4.29. The summed E-state index contributed by atoms with van der Waals surface area (Å²) >= 11 is 18.1. The van der Waals surface area contributed by atoms with Gasteiger partial charge in [-0.05, 0) is 13.0 Å². The SMILES string of the molecule is CCOC(=O)c1nc(-c2cccc(Cl)c2Cl)c(OC)nc1Cl. The molecular formula is C14H11Cl3N2O3. The van der Waals surface area contributed by atoms with Gasteiger partial charge in [0.2, 0.25) is 5.88 Å². The highest BCUT2D eigenvalue weighted by molar-refractivity contribution is 6.43. The number of ether oxygens (including phenoxy) is 2. The minimum Gasteiger partial charge on any atom is -0.479 e. The van der Waals surface area contributed by atoms with Gasteiger partial charge in [0.25, 0.3) is 0 Å². The molecule has 0 atom stereocenters. The summed E-state index contributed by atoms with van der Waals surface area (Å²) in [6, 6.07) is 5.02. The van der Waals surface area contributed by atoms with Crippen molar-refractivity contribution in [2.24, 2.45) is 0 Å². The average molecular weight is 362 g/mol. The summed E-state index contributed by atoms with van der Waals surface area (Å²) in [5.41, 5.74) is 0.610. The number of esters is 1. The van der Waals surface area contributed by atoms with Gasteiger partial charge in [-0.25, -0.2) is 9.78 Å². The second kappa shape index (κ2) is 7.13. The number of hydrogen-bond donors (Lipinski definition) is 0. The van der Waals surface area contributed by atoms with Crippen LogP contribution < -0.4 is 4.74 Å². The monoisotopic (exact) mass is 360 g/mol. The van der Waals surface area contributed by atoms with Gasteiger partial charge in [-0.3, -0.25) is 0 Å². The number of benzene rings is 1. The van der Waals surface area contributed by atoms with Crippen LogP contribution in [0.4, 0.5) is 0 Å². The molecule has 1 heterocycles. The Kier molecular flexibility index (Phi) is 5.45. The molecule has 0 saturated heterocycles. The van der Waals surface area contributed by atoms with Gasteiger partial charge in [-0.15, -0.1) is 0 Å². The van der Waals surface area contributed by atoms with E-state index in [4.69, 9.17) is 44.3 Å². The zero-order chi connectivity index (χ0) is 16.3. The first-order chi connectivity index (χ1) is 10.5. The molecule has 0 aliphatic carbocycles. The lowest BCUT2D eigenvalue weighted by molar-refractivity contribution is 0.0519. The van der Waals surface area contributed by atoms with Gasteiger partial charge in [0, 0.05) is 5.56 Å². The van der Waals surface area contributed by atoms with E-state index in [1.807, 2.05) is 0 Å². The van der Waals surface area contributed by atoms with E-state index < -0.39 is 5.97 Å². The van der Waals surface area contributed by atoms with Crippen molar-refractivity contribution in [3.05, 3.63) is 39.1 Å². The van der Waals surface area contributed by atoms with Crippen LogP contribution in [-0.4, -0.2) is 29.7 Å². The van der Waals surface area contributed by atoms with Crippen LogP contribution in [0, 0.1) is 0 Å². The number of carbonyl (C=O) groups is 1. The summed E-state index contributed by atoms with van der Waals surface area (Å²) in [7, 11) is 1.41. The lowest BCUT2D eigenvalue weighted by Gasteiger charge is -2.11. The highest BCUT2D eigenvalue weighted by Crippen LogP contribution is 2.37. The molecule has 8 heteroatoms. The van der Waals surface area contributed by atoms with Crippen LogP contribution in [0.25, 0.3) is 11.3 Å². The second-order valence-electron chi connectivity index (χ2n) is 4.04. The third-order valence-corrected chi connectivity index (χ3v) is 3.77. The highest BCUT2D eigenvalue weighted by Gasteiger charge is 2.22. The average Bonchev–Trinajstić information content (AvgIpc) is 2.50. The molecule has 1 aromatic carbocycles. The van der Waals surface area contributed by atoms with Gasteiger partial charge < -0.3 is 9.47 Å². The fourth-order valence-corrected chi connectivity index (χ4v) is 2.32. The first-order valence-electron chi connectivity index (χ1n) is 6.22. The number of rotatable bonds is 4. The minimum atomic E-state index is -0.679. The van der Waals surface area contributed by atoms with Gasteiger partial charge in [-0.2, -0.15) is 4.98 Å². The van der Waals surface area contributed by atoms with Crippen LogP contribution in [0.3, 0.4) is 0 Å². The molecular weight excluding hydrogens is 351 g/mol. The van der Waals surface area contributed by atoms with Crippen molar-refractivity contribution >= 4 is 40.8 Å². The predicted molar refractivity (Wildman–Crippen MR) is 85.0 cm³/mol. The molecule has 0 fully saturated rings. The third-order valence-electron chi connectivity index (χ3n) is 2.69. The van der Waals surface area contributed by atoms with E-state index in [1.54, 1.807) is 25.1 Å². The Balaban J connectivity index is 2.66. The van der Waals surface area contributed by atoms with E-state index in [1.165, 1.54) is 7.11 Å². The minimum absolute atomic E-state index is 0.114. The number of nitrogens with zero attached hydrogens (tertiary/aromatic N) is 2. The zero-order valence-electron chi connectivity index (χ0n) is 11.7. The molecule has 0 radical (unpaired) electrons. The Labute approximate surface area is 142 Å². The lowest BCUT2D eigenvalue weighted by atomic mass is 10.1. The molecule has 0 spiro atoms. The highest BCUT2D eigenvalue weighted by atomic mass is 35.5. The Morgan fingerprint density at radius 1 is 1.23 bits per heavy atom. The van der Waals surface area contributed by atoms with Crippen molar-refractivity contribution in [1.82, 2.24) is 9.97 Å². The van der Waals surface area contributed by atoms with Crippen molar-refractivity contribution in [1.29, 1.82) is 0 Å². The number of halogens is 3. The molecule has 5 nitrogen and oxygen atoms in total. The van der Waals surface area contributed by atoms with E-state index in [2.05, 4.69) is 9.97 Å². The van der Waals surface area contributed by atoms with Crippen LogP contribution >= 0.6 is 34.8 Å². The molecule has 0 unspecified atom stereocenters. The van der Waals surface area contributed by atoms with Crippen molar-refractivity contribution in [3.8, 4) is 17.1 Å². The summed E-state index contributed by atoms with van der Waals surface area (Å²) in [4.78, 5) is 20.1. The molecule has 0 amide bonds. The topological polar surface area (TPSA) is 61.3 Å². The Morgan fingerprint density at radius 2 is 1.95 bits per heavy atom. The van der Waals surface area contributed by atoms with E-state index in [0.717, 1.165) is 0 Å². The zero-order valence-corrected chi connectivity index (χ0v) is 14.0. The molecule has 2 rings (SSSR count). The molecule has 0 bridgehead atoms. The normalized spacial score (nSPS) is 10.4. The maximum absolute atomic E-state index is 11.9. The Bertz CT molecular complexity index is 723. The standard InChI is InChI=1S/C14H11Cl3N2O3/c1-3-22-14(20)11-12(17)19-13(21-2)10(18-11)7-5-4-6-8(15)9(7)16/h4-6H,3H2,1-2H3. The van der Waals surface area contributed by atoms with Crippen LogP contribution in [0.5, 0.6) is 5.88 Å². The maximum atomic E-state index is 11.9. The van der Waals surface area contributed by atoms with Gasteiger partial charge >= 0.3 is 5.97 Å². The van der Waals surface area contributed by atoms with Crippen LogP contribution in [0.15, 0.2) is 18.2 Å². The van der Waals surface area contributed by atoms with E-state index in [9.17, 15) is 4.79 Å². The van der Waals surface area contributed by atoms with Crippen molar-refractivity contribution in [3.63, 3.8) is 0 Å². The molecule has 0 aliphatic rings. The van der Waals surface area contributed by atoms with Gasteiger partial charge in [0.1, 0.15) is 5.69 Å². The molecule has 0 aliphatic heterocycles. The largest absolute Gasteiger partial charge is 0.479 e. The molecule has 0 N–H and O–H groups in total. The van der Waals surface area contributed by atoms with Crippen molar-refractivity contribution < 1.29 is 14.3 Å². The Hall–Kier alpha value is -1.56. The summed E-state index contributed by atoms with van der Waals surface area (Å²) in [6.07, 6.45) is 0. The van der Waals surface area contributed by atoms with Crippen LogP contribution in [0.1, 0.15) is 17.4 Å². The van der Waals surface area contributed by atoms with Gasteiger partial charge in [0.05, 0.1) is 23.8 Å². The summed E-state index contributed by atoms with van der Waals surface area (Å²) in [5, 5.41) is 0.502. The van der Waals surface area contributed by atoms with Crippen molar-refractivity contribution in [2.75, 3.05) is 13.7 Å². The summed E-state index contributed by atoms with van der Waals surface area (Å²) in [5.74, 6) is -0.552. The first-order valence-corrected chi connectivity index (χ1v) is 7.36. The smallest absolute Gasteiger partial charge is 0.360 e. The number of hydrogen-bond acceptors (Lipinski definition) is 5. The molecule has 1 aromatic heterocycles. The number of methoxy groups -OCH3 is 1. The summed E-state index contributed by atoms with van der Waals surface area (Å²) < 4.78 is 10.1. The fraction of sp³-hybridized carbons (Fsp3) is 0.214. The van der Waals surface area contributed by atoms with Gasteiger partial charge in [-0.1, -0.05) is 46.9 Å². The quantitative estimate of drug-likeness (QED) is 0.760. The van der Waals surface area contributed by atoms with Crippen molar-refractivity contribution in [2.45, 2.75) is 6.92 Å². The molecule has 0 saturated carbocycles. The lowest BCUT2D eigenvalue weighted by Crippen LogP contribution is -2.11. The van der Waals surface area contributed by atoms with Crippen LogP contribution in [0.2, 0.25) is 15.2 Å². The molecule has 116 valence electrons. The maximum Gasteiger partial charge on any atom is 0.360 e. The molecule has 22 heavy (non-hydrogen) atoms. The Morgan fingerprint density at radius 3 is 2.59 bits per heavy atom.